The lowest BCUT2D eigenvalue weighted by Crippen LogP contribution is -2.37. The molecule has 0 aromatic heterocycles. The summed E-state index contributed by atoms with van der Waals surface area (Å²) < 4.78 is 35.2. The first-order chi connectivity index (χ1) is 16.2. The summed E-state index contributed by atoms with van der Waals surface area (Å²) in [5, 5.41) is 2.93. The van der Waals surface area contributed by atoms with E-state index in [0.29, 0.717) is 30.6 Å². The second kappa shape index (κ2) is 20.7. The van der Waals surface area contributed by atoms with Crippen LogP contribution in [0.5, 0.6) is 0 Å². The fraction of sp³-hybridized carbons (Fsp3) is 0.960. The van der Waals surface area contributed by atoms with Gasteiger partial charge in [-0.2, -0.15) is 0 Å². The predicted octanol–water partition coefficient (Wildman–Crippen LogP) is 5.70. The molecule has 0 radical (unpaired) electrons. The van der Waals surface area contributed by atoms with Crippen LogP contribution in [-0.4, -0.2) is 77.7 Å². The van der Waals surface area contributed by atoms with Gasteiger partial charge < -0.3 is 14.5 Å². The number of likely N-dealkylation sites (N-methyl/N-ethyl adjacent to an activating group) is 1. The average molecular weight is 510 g/mol. The average Bonchev–Trinajstić information content (AvgIpc) is 2.78. The van der Waals surface area contributed by atoms with Gasteiger partial charge in [-0.3, -0.25) is 18.4 Å². The molecular formula is C25H54N2O6P+. The van der Waals surface area contributed by atoms with E-state index in [4.69, 9.17) is 18.3 Å². The number of phosphoric acid groups is 1. The zero-order valence-corrected chi connectivity index (χ0v) is 23.8. The Morgan fingerprint density at radius 2 is 1.44 bits per heavy atom. The third kappa shape index (κ3) is 20.8. The van der Waals surface area contributed by atoms with Crippen LogP contribution in [0, 0.1) is 0 Å². The minimum absolute atomic E-state index is 0.0150. The molecule has 0 saturated carbocycles. The van der Waals surface area contributed by atoms with Crippen molar-refractivity contribution in [3.63, 3.8) is 0 Å². The molecule has 0 rings (SSSR count). The third-order valence-corrected chi connectivity index (χ3v) is 6.95. The molecule has 2 unspecified atom stereocenters. The molecule has 0 heterocycles. The van der Waals surface area contributed by atoms with E-state index >= 15 is 0 Å². The largest absolute Gasteiger partial charge is 0.474 e. The topological polar surface area (TPSA) is 83.1 Å². The number of hydrogen-bond acceptors (Lipinski definition) is 6. The lowest BCUT2D eigenvalue weighted by molar-refractivity contribution is -0.870. The molecule has 34 heavy (non-hydrogen) atoms. The van der Waals surface area contributed by atoms with Gasteiger partial charge in [-0.05, 0) is 12.8 Å². The Morgan fingerprint density at radius 3 is 2.00 bits per heavy atom. The number of carbonyl (C=O) groups is 1. The Hall–Kier alpha value is -0.500. The van der Waals surface area contributed by atoms with Gasteiger partial charge in [-0.25, -0.2) is 4.57 Å². The summed E-state index contributed by atoms with van der Waals surface area (Å²) in [5.41, 5.74) is 0. The molecule has 1 N–H and O–H groups in total. The molecule has 0 saturated heterocycles. The summed E-state index contributed by atoms with van der Waals surface area (Å²) in [6.45, 7) is 6.13. The van der Waals surface area contributed by atoms with Gasteiger partial charge in [0.15, 0.2) is 0 Å². The van der Waals surface area contributed by atoms with Crippen LogP contribution in [0.2, 0.25) is 0 Å². The third-order valence-electron chi connectivity index (χ3n) is 5.54. The molecule has 204 valence electrons. The van der Waals surface area contributed by atoms with E-state index in [2.05, 4.69) is 19.2 Å². The number of hydrogen-bond donors (Lipinski definition) is 1. The molecule has 9 heteroatoms. The maximum atomic E-state index is 12.7. The van der Waals surface area contributed by atoms with E-state index in [0.717, 1.165) is 25.7 Å². The van der Waals surface area contributed by atoms with Crippen LogP contribution in [0.15, 0.2) is 0 Å². The van der Waals surface area contributed by atoms with Gasteiger partial charge >= 0.3 is 7.82 Å². The smallest absolute Gasteiger partial charge is 0.374 e. The second-order valence-corrected chi connectivity index (χ2v) is 11.8. The van der Waals surface area contributed by atoms with Crippen molar-refractivity contribution in [2.45, 2.75) is 97.0 Å². The quantitative estimate of drug-likeness (QED) is 0.102. The van der Waals surface area contributed by atoms with Crippen LogP contribution in [0.1, 0.15) is 90.9 Å². The minimum atomic E-state index is -3.67. The maximum absolute atomic E-state index is 12.7. The molecule has 0 aliphatic carbocycles. The van der Waals surface area contributed by atoms with Gasteiger partial charge in [0.1, 0.15) is 13.2 Å². The maximum Gasteiger partial charge on any atom is 0.474 e. The Kier molecular flexibility index (Phi) is 20.4. The molecule has 0 spiro atoms. The minimum Gasteiger partial charge on any atom is -0.374 e. The van der Waals surface area contributed by atoms with Crippen LogP contribution < -0.4 is 5.32 Å². The molecule has 0 bridgehead atoms. The Morgan fingerprint density at radius 1 is 0.853 bits per heavy atom. The summed E-state index contributed by atoms with van der Waals surface area (Å²) in [7, 11) is 3.72. The van der Waals surface area contributed by atoms with Gasteiger partial charge in [-0.15, -0.1) is 0 Å². The SMILES string of the molecule is CCCCCCCCCCCC(=O)NCC(COP(=O)(OC)OCC[N+](C)(C)C)OCCCC. The number of ether oxygens (including phenoxy) is 1. The van der Waals surface area contributed by atoms with Crippen molar-refractivity contribution in [3.8, 4) is 0 Å². The van der Waals surface area contributed by atoms with Gasteiger partial charge in [0.2, 0.25) is 5.91 Å². The first-order valence-corrected chi connectivity index (χ1v) is 14.8. The number of rotatable bonds is 24. The monoisotopic (exact) mass is 509 g/mol. The van der Waals surface area contributed by atoms with E-state index in [9.17, 15) is 9.36 Å². The lowest BCUT2D eigenvalue weighted by atomic mass is 10.1. The highest BCUT2D eigenvalue weighted by Gasteiger charge is 2.28. The van der Waals surface area contributed by atoms with Crippen molar-refractivity contribution >= 4 is 13.7 Å². The van der Waals surface area contributed by atoms with E-state index in [1.54, 1.807) is 0 Å². The highest BCUT2D eigenvalue weighted by atomic mass is 31.2. The Labute approximate surface area is 209 Å². The first-order valence-electron chi connectivity index (χ1n) is 13.3. The van der Waals surface area contributed by atoms with E-state index in [1.165, 1.54) is 52.1 Å². The standard InChI is InChI=1S/C25H53N2O6P/c1-7-9-11-12-13-14-15-16-17-18-25(28)26-22-24(31-20-10-8-2)23-33-34(29,30-6)32-21-19-27(3,4)5/h24H,7-23H2,1-6H3/p+1. The number of amides is 1. The summed E-state index contributed by atoms with van der Waals surface area (Å²) >= 11 is 0. The summed E-state index contributed by atoms with van der Waals surface area (Å²) in [6, 6.07) is 0. The van der Waals surface area contributed by atoms with Crippen LogP contribution >= 0.6 is 7.82 Å². The van der Waals surface area contributed by atoms with Crippen molar-refractivity contribution in [2.75, 3.05) is 61.2 Å². The molecule has 0 aromatic carbocycles. The van der Waals surface area contributed by atoms with Crippen molar-refractivity contribution in [1.82, 2.24) is 5.32 Å². The Bertz CT molecular complexity index is 542. The van der Waals surface area contributed by atoms with Crippen LogP contribution in [0.25, 0.3) is 0 Å². The summed E-state index contributed by atoms with van der Waals surface area (Å²) in [6.07, 6.45) is 13.0. The van der Waals surface area contributed by atoms with Crippen LogP contribution in [-0.2, 0) is 27.7 Å². The number of carbonyl (C=O) groups excluding carboxylic acids is 1. The van der Waals surface area contributed by atoms with Crippen molar-refractivity contribution in [2.24, 2.45) is 0 Å². The van der Waals surface area contributed by atoms with Gasteiger partial charge in [0.25, 0.3) is 0 Å². The molecule has 0 aromatic rings. The fourth-order valence-electron chi connectivity index (χ4n) is 3.22. The Balaban J connectivity index is 4.29. The lowest BCUT2D eigenvalue weighted by Gasteiger charge is -2.25. The number of unbranched alkanes of at least 4 members (excludes halogenated alkanes) is 9. The molecule has 1 amide bonds. The molecule has 0 fully saturated rings. The highest BCUT2D eigenvalue weighted by Crippen LogP contribution is 2.48. The zero-order chi connectivity index (χ0) is 25.7. The predicted molar refractivity (Wildman–Crippen MR) is 139 cm³/mol. The molecule has 0 aliphatic rings. The van der Waals surface area contributed by atoms with Crippen LogP contribution in [0.4, 0.5) is 0 Å². The van der Waals surface area contributed by atoms with Crippen molar-refractivity contribution in [3.05, 3.63) is 0 Å². The second-order valence-electron chi connectivity index (χ2n) is 10.0. The van der Waals surface area contributed by atoms with E-state index in [-0.39, 0.29) is 19.1 Å². The summed E-state index contributed by atoms with van der Waals surface area (Å²) in [5.74, 6) is 0.0150. The van der Waals surface area contributed by atoms with Gasteiger partial charge in [0.05, 0.1) is 33.9 Å². The zero-order valence-electron chi connectivity index (χ0n) is 22.9. The number of nitrogens with zero attached hydrogens (tertiary/aromatic N) is 1. The van der Waals surface area contributed by atoms with Crippen molar-refractivity contribution in [1.29, 1.82) is 0 Å². The first kappa shape index (κ1) is 33.5. The number of nitrogens with one attached hydrogen (secondary N) is 1. The number of quaternary nitrogens is 1. The molecular weight excluding hydrogens is 455 g/mol. The highest BCUT2D eigenvalue weighted by molar-refractivity contribution is 7.48. The van der Waals surface area contributed by atoms with Crippen molar-refractivity contribution < 1.29 is 32.2 Å². The molecule has 2 atom stereocenters. The van der Waals surface area contributed by atoms with Gasteiger partial charge in [-0.1, -0.05) is 71.6 Å². The van der Waals surface area contributed by atoms with E-state index in [1.807, 2.05) is 21.1 Å². The van der Waals surface area contributed by atoms with Gasteiger partial charge in [0, 0.05) is 26.7 Å². The molecule has 8 nitrogen and oxygen atoms in total. The van der Waals surface area contributed by atoms with E-state index < -0.39 is 13.9 Å². The molecule has 0 aliphatic heterocycles. The van der Waals surface area contributed by atoms with Crippen LogP contribution in [0.3, 0.4) is 0 Å². The normalized spacial score (nSPS) is 14.6. The fourth-order valence-corrected chi connectivity index (χ4v) is 4.16. The number of phosphoric ester groups is 1. The summed E-state index contributed by atoms with van der Waals surface area (Å²) in [4.78, 5) is 12.3.